The molecule has 0 bridgehead atoms. The Labute approximate surface area is 160 Å². The van der Waals surface area contributed by atoms with E-state index in [0.717, 1.165) is 17.7 Å². The third-order valence-corrected chi connectivity index (χ3v) is 4.04. The van der Waals surface area contributed by atoms with Gasteiger partial charge in [0.05, 0.1) is 11.7 Å². The molecule has 7 heteroatoms. The van der Waals surface area contributed by atoms with Crippen molar-refractivity contribution in [3.63, 3.8) is 0 Å². The summed E-state index contributed by atoms with van der Waals surface area (Å²) in [5.74, 6) is -2.81. The number of nitrogens with one attached hydrogen (secondary N) is 2. The number of rotatable bonds is 5. The summed E-state index contributed by atoms with van der Waals surface area (Å²) in [6.45, 7) is 1.83. The third-order valence-electron chi connectivity index (χ3n) is 4.04. The zero-order valence-electron chi connectivity index (χ0n) is 14.9. The lowest BCUT2D eigenvalue weighted by Gasteiger charge is -2.14. The van der Waals surface area contributed by atoms with Crippen LogP contribution in [0.15, 0.2) is 66.7 Å². The lowest BCUT2D eigenvalue weighted by molar-refractivity contribution is 0.0934. The molecular weight excluding hydrogens is 364 g/mol. The number of carbonyl (C=O) groups excluding carboxylic acids is 2. The second kappa shape index (κ2) is 8.39. The molecule has 0 aliphatic carbocycles. The van der Waals surface area contributed by atoms with Crippen LogP contribution in [-0.4, -0.2) is 16.8 Å². The Morgan fingerprint density at radius 3 is 2.25 bits per heavy atom. The van der Waals surface area contributed by atoms with E-state index in [4.69, 9.17) is 0 Å². The normalized spacial score (nSPS) is 11.5. The molecular formula is C21H17F2N3O2. The fourth-order valence-electron chi connectivity index (χ4n) is 2.56. The molecule has 1 heterocycles. The number of benzene rings is 2. The van der Waals surface area contributed by atoms with Crippen molar-refractivity contribution >= 4 is 17.5 Å². The highest BCUT2D eigenvalue weighted by Crippen LogP contribution is 2.16. The number of halogens is 2. The molecule has 5 nitrogen and oxygen atoms in total. The Bertz CT molecular complexity index is 1010. The van der Waals surface area contributed by atoms with Crippen LogP contribution in [0.5, 0.6) is 0 Å². The maximum atomic E-state index is 13.7. The largest absolute Gasteiger partial charge is 0.344 e. The molecule has 0 spiro atoms. The molecule has 1 unspecified atom stereocenters. The number of carbonyl (C=O) groups is 2. The molecule has 2 N–H and O–H groups in total. The maximum Gasteiger partial charge on any atom is 0.274 e. The topological polar surface area (TPSA) is 71.1 Å². The quantitative estimate of drug-likeness (QED) is 0.699. The zero-order valence-corrected chi connectivity index (χ0v) is 14.9. The molecule has 3 aromatic rings. The molecule has 2 aromatic carbocycles. The van der Waals surface area contributed by atoms with Crippen LogP contribution >= 0.6 is 0 Å². The number of amides is 2. The standard InChI is InChI=1S/C21H17F2N3O2/c1-13(14-6-3-2-4-7-14)24-20(27)18-8-5-9-19(25-18)21(28)26-17-11-10-15(22)12-16(17)23/h2-13H,1H3,(H,24,27)(H,26,28). The van der Waals surface area contributed by atoms with E-state index in [1.54, 1.807) is 0 Å². The highest BCUT2D eigenvalue weighted by Gasteiger charge is 2.16. The SMILES string of the molecule is CC(NC(=O)c1cccc(C(=O)Nc2ccc(F)cc2F)n1)c1ccccc1. The van der Waals surface area contributed by atoms with Crippen LogP contribution in [-0.2, 0) is 0 Å². The molecule has 3 rings (SSSR count). The summed E-state index contributed by atoms with van der Waals surface area (Å²) in [6.07, 6.45) is 0. The van der Waals surface area contributed by atoms with E-state index >= 15 is 0 Å². The summed E-state index contributed by atoms with van der Waals surface area (Å²) in [6, 6.07) is 16.3. The molecule has 0 fully saturated rings. The fourth-order valence-corrected chi connectivity index (χ4v) is 2.56. The Balaban J connectivity index is 1.72. The van der Waals surface area contributed by atoms with Gasteiger partial charge in [0.2, 0.25) is 0 Å². The minimum Gasteiger partial charge on any atom is -0.344 e. The van der Waals surface area contributed by atoms with Crippen LogP contribution in [0.2, 0.25) is 0 Å². The van der Waals surface area contributed by atoms with E-state index in [9.17, 15) is 18.4 Å². The van der Waals surface area contributed by atoms with Gasteiger partial charge >= 0.3 is 0 Å². The van der Waals surface area contributed by atoms with Gasteiger partial charge < -0.3 is 10.6 Å². The Kier molecular flexibility index (Phi) is 5.74. The molecule has 0 radical (unpaired) electrons. The fraction of sp³-hybridized carbons (Fsp3) is 0.0952. The Morgan fingerprint density at radius 1 is 0.893 bits per heavy atom. The van der Waals surface area contributed by atoms with Crippen molar-refractivity contribution in [3.8, 4) is 0 Å². The van der Waals surface area contributed by atoms with Crippen LogP contribution in [0.25, 0.3) is 0 Å². The monoisotopic (exact) mass is 381 g/mol. The van der Waals surface area contributed by atoms with E-state index in [0.29, 0.717) is 6.07 Å². The first-order chi connectivity index (χ1) is 13.4. The number of aromatic nitrogens is 1. The van der Waals surface area contributed by atoms with Crippen LogP contribution in [0.4, 0.5) is 14.5 Å². The van der Waals surface area contributed by atoms with Crippen molar-refractivity contribution in [2.75, 3.05) is 5.32 Å². The van der Waals surface area contributed by atoms with Gasteiger partial charge in [0, 0.05) is 6.07 Å². The summed E-state index contributed by atoms with van der Waals surface area (Å²) >= 11 is 0. The van der Waals surface area contributed by atoms with Crippen LogP contribution in [0, 0.1) is 11.6 Å². The van der Waals surface area contributed by atoms with Crippen LogP contribution < -0.4 is 10.6 Å². The van der Waals surface area contributed by atoms with E-state index in [2.05, 4.69) is 15.6 Å². The summed E-state index contributed by atoms with van der Waals surface area (Å²) in [4.78, 5) is 28.8. The minimum absolute atomic E-state index is 0.0509. The lowest BCUT2D eigenvalue weighted by atomic mass is 10.1. The molecule has 0 saturated carbocycles. The Hall–Kier alpha value is -3.61. The number of pyridine rings is 1. The minimum atomic E-state index is -0.904. The smallest absolute Gasteiger partial charge is 0.274 e. The van der Waals surface area contributed by atoms with E-state index in [1.165, 1.54) is 18.2 Å². The predicted octanol–water partition coefficient (Wildman–Crippen LogP) is 4.10. The summed E-state index contributed by atoms with van der Waals surface area (Å²) in [5.41, 5.74) is 0.732. The van der Waals surface area contributed by atoms with Gasteiger partial charge in [0.1, 0.15) is 23.0 Å². The van der Waals surface area contributed by atoms with Gasteiger partial charge in [-0.1, -0.05) is 36.4 Å². The van der Waals surface area contributed by atoms with Gasteiger partial charge in [-0.3, -0.25) is 9.59 Å². The Morgan fingerprint density at radius 2 is 1.57 bits per heavy atom. The van der Waals surface area contributed by atoms with Gasteiger partial charge in [0.25, 0.3) is 11.8 Å². The average molecular weight is 381 g/mol. The molecule has 28 heavy (non-hydrogen) atoms. The van der Waals surface area contributed by atoms with Crippen molar-refractivity contribution in [2.45, 2.75) is 13.0 Å². The third kappa shape index (κ3) is 4.56. The molecule has 1 atom stereocenters. The number of hydrogen-bond donors (Lipinski definition) is 2. The molecule has 142 valence electrons. The number of nitrogens with zero attached hydrogens (tertiary/aromatic N) is 1. The molecule has 0 saturated heterocycles. The van der Waals surface area contributed by atoms with Crippen LogP contribution in [0.1, 0.15) is 39.5 Å². The predicted molar refractivity (Wildman–Crippen MR) is 101 cm³/mol. The molecule has 1 aromatic heterocycles. The molecule has 2 amide bonds. The maximum absolute atomic E-state index is 13.7. The van der Waals surface area contributed by atoms with Gasteiger partial charge in [-0.25, -0.2) is 13.8 Å². The van der Waals surface area contributed by atoms with Gasteiger partial charge in [-0.2, -0.15) is 0 Å². The summed E-state index contributed by atoms with van der Waals surface area (Å²) < 4.78 is 26.7. The summed E-state index contributed by atoms with van der Waals surface area (Å²) in [7, 11) is 0. The lowest BCUT2D eigenvalue weighted by Crippen LogP contribution is -2.28. The second-order valence-corrected chi connectivity index (χ2v) is 6.09. The number of hydrogen-bond acceptors (Lipinski definition) is 3. The highest BCUT2D eigenvalue weighted by molar-refractivity contribution is 6.03. The van der Waals surface area contributed by atoms with Crippen molar-refractivity contribution in [3.05, 3.63) is 95.3 Å². The van der Waals surface area contributed by atoms with E-state index in [-0.39, 0.29) is 23.1 Å². The van der Waals surface area contributed by atoms with Crippen LogP contribution in [0.3, 0.4) is 0 Å². The molecule has 0 aliphatic heterocycles. The summed E-state index contributed by atoms with van der Waals surface area (Å²) in [5, 5.41) is 5.12. The first kappa shape index (κ1) is 19.2. The highest BCUT2D eigenvalue weighted by atomic mass is 19.1. The van der Waals surface area contributed by atoms with Gasteiger partial charge in [0.15, 0.2) is 0 Å². The van der Waals surface area contributed by atoms with Crippen molar-refractivity contribution in [1.82, 2.24) is 10.3 Å². The first-order valence-corrected chi connectivity index (χ1v) is 8.53. The van der Waals surface area contributed by atoms with E-state index in [1.807, 2.05) is 37.3 Å². The van der Waals surface area contributed by atoms with Gasteiger partial charge in [-0.15, -0.1) is 0 Å². The first-order valence-electron chi connectivity index (χ1n) is 8.53. The van der Waals surface area contributed by atoms with Gasteiger partial charge in [-0.05, 0) is 36.8 Å². The van der Waals surface area contributed by atoms with Crippen molar-refractivity contribution in [2.24, 2.45) is 0 Å². The molecule has 0 aliphatic rings. The number of anilines is 1. The zero-order chi connectivity index (χ0) is 20.1. The average Bonchev–Trinajstić information content (AvgIpc) is 2.70. The van der Waals surface area contributed by atoms with E-state index < -0.39 is 23.4 Å². The van der Waals surface area contributed by atoms with Crippen molar-refractivity contribution < 1.29 is 18.4 Å². The van der Waals surface area contributed by atoms with Crippen molar-refractivity contribution in [1.29, 1.82) is 0 Å². The second-order valence-electron chi connectivity index (χ2n) is 6.09.